The number of hydrogen-bond donors (Lipinski definition) is 1. The molecule has 128 valence electrons. The van der Waals surface area contributed by atoms with Gasteiger partial charge in [0.15, 0.2) is 0 Å². The Morgan fingerprint density at radius 2 is 1.83 bits per heavy atom. The largest absolute Gasteiger partial charge is 0.491 e. The van der Waals surface area contributed by atoms with Crippen LogP contribution in [0.3, 0.4) is 0 Å². The predicted octanol–water partition coefficient (Wildman–Crippen LogP) is 3.62. The van der Waals surface area contributed by atoms with Gasteiger partial charge in [-0.05, 0) is 36.9 Å². The Bertz CT molecular complexity index is 662. The average molecular weight is 367 g/mol. The topological polar surface area (TPSA) is 41.6 Å². The molecule has 0 saturated carbocycles. The van der Waals surface area contributed by atoms with Crippen LogP contribution in [-0.4, -0.2) is 37.6 Å². The number of rotatable bonds is 8. The minimum Gasteiger partial charge on any atom is -0.491 e. The molecule has 0 atom stereocenters. The van der Waals surface area contributed by atoms with Crippen molar-refractivity contribution >= 4 is 29.1 Å². The zero-order chi connectivity index (χ0) is 17.4. The van der Waals surface area contributed by atoms with E-state index in [0.717, 1.165) is 5.56 Å². The van der Waals surface area contributed by atoms with Crippen molar-refractivity contribution in [2.45, 2.75) is 6.54 Å². The number of halogens is 2. The first kappa shape index (κ1) is 18.6. The second kappa shape index (κ2) is 9.52. The summed E-state index contributed by atoms with van der Waals surface area (Å²) in [5, 5.41) is 4.15. The maximum absolute atomic E-state index is 11.9. The van der Waals surface area contributed by atoms with Crippen molar-refractivity contribution in [1.29, 1.82) is 0 Å². The van der Waals surface area contributed by atoms with E-state index in [4.69, 9.17) is 27.9 Å². The van der Waals surface area contributed by atoms with Gasteiger partial charge in [-0.15, -0.1) is 0 Å². The lowest BCUT2D eigenvalue weighted by Gasteiger charge is -2.17. The quantitative estimate of drug-likeness (QED) is 0.775. The first-order valence-corrected chi connectivity index (χ1v) is 8.37. The van der Waals surface area contributed by atoms with Gasteiger partial charge in [-0.1, -0.05) is 47.5 Å². The van der Waals surface area contributed by atoms with Crippen molar-refractivity contribution in [1.82, 2.24) is 10.2 Å². The molecular formula is C18H20Cl2N2O2. The van der Waals surface area contributed by atoms with Crippen molar-refractivity contribution in [2.24, 2.45) is 0 Å². The third-order valence-electron chi connectivity index (χ3n) is 3.38. The summed E-state index contributed by atoms with van der Waals surface area (Å²) >= 11 is 11.9. The lowest BCUT2D eigenvalue weighted by Crippen LogP contribution is -2.36. The molecule has 0 aliphatic heterocycles. The fourth-order valence-electron chi connectivity index (χ4n) is 2.06. The van der Waals surface area contributed by atoms with Crippen LogP contribution in [0.5, 0.6) is 5.75 Å². The van der Waals surface area contributed by atoms with Crippen LogP contribution in [0.2, 0.25) is 10.0 Å². The molecule has 0 fully saturated rings. The van der Waals surface area contributed by atoms with Crippen molar-refractivity contribution < 1.29 is 9.53 Å². The molecule has 0 radical (unpaired) electrons. The molecule has 0 heterocycles. The predicted molar refractivity (Wildman–Crippen MR) is 97.7 cm³/mol. The van der Waals surface area contributed by atoms with Crippen LogP contribution < -0.4 is 10.1 Å². The molecule has 0 aliphatic rings. The Morgan fingerprint density at radius 3 is 2.54 bits per heavy atom. The van der Waals surface area contributed by atoms with Gasteiger partial charge in [0, 0.05) is 18.1 Å². The lowest BCUT2D eigenvalue weighted by molar-refractivity contribution is -0.122. The Balaban J connectivity index is 1.66. The zero-order valence-corrected chi connectivity index (χ0v) is 15.0. The van der Waals surface area contributed by atoms with E-state index in [1.807, 2.05) is 42.3 Å². The van der Waals surface area contributed by atoms with E-state index in [2.05, 4.69) is 5.32 Å². The molecular weight excluding hydrogens is 347 g/mol. The van der Waals surface area contributed by atoms with Crippen LogP contribution in [0.4, 0.5) is 0 Å². The summed E-state index contributed by atoms with van der Waals surface area (Å²) in [4.78, 5) is 13.8. The normalized spacial score (nSPS) is 10.7. The molecule has 4 nitrogen and oxygen atoms in total. The van der Waals surface area contributed by atoms with Crippen LogP contribution in [0, 0.1) is 0 Å². The minimum absolute atomic E-state index is 0.0369. The number of nitrogens with one attached hydrogen (secondary N) is 1. The van der Waals surface area contributed by atoms with E-state index in [1.165, 1.54) is 0 Å². The highest BCUT2D eigenvalue weighted by molar-refractivity contribution is 6.32. The average Bonchev–Trinajstić information content (AvgIpc) is 2.56. The molecule has 0 bridgehead atoms. The number of nitrogens with zero attached hydrogens (tertiary/aromatic N) is 1. The monoisotopic (exact) mass is 366 g/mol. The highest BCUT2D eigenvalue weighted by atomic mass is 35.5. The molecule has 24 heavy (non-hydrogen) atoms. The maximum atomic E-state index is 11.9. The third-order valence-corrected chi connectivity index (χ3v) is 3.95. The van der Waals surface area contributed by atoms with Gasteiger partial charge in [0.25, 0.3) is 0 Å². The van der Waals surface area contributed by atoms with E-state index >= 15 is 0 Å². The van der Waals surface area contributed by atoms with Crippen LogP contribution in [0.1, 0.15) is 5.56 Å². The van der Waals surface area contributed by atoms with Crippen molar-refractivity contribution in [2.75, 3.05) is 26.7 Å². The highest BCUT2D eigenvalue weighted by Crippen LogP contribution is 2.22. The molecule has 0 unspecified atom stereocenters. The van der Waals surface area contributed by atoms with Crippen molar-refractivity contribution in [3.05, 3.63) is 64.1 Å². The molecule has 0 spiro atoms. The Morgan fingerprint density at radius 1 is 1.12 bits per heavy atom. The number of ether oxygens (including phenoxy) is 1. The number of amides is 1. The zero-order valence-electron chi connectivity index (χ0n) is 13.5. The van der Waals surface area contributed by atoms with Crippen LogP contribution in [-0.2, 0) is 11.3 Å². The summed E-state index contributed by atoms with van der Waals surface area (Å²) in [6.07, 6.45) is 0. The summed E-state index contributed by atoms with van der Waals surface area (Å²) in [7, 11) is 1.87. The number of carbonyl (C=O) groups is 1. The molecule has 1 N–H and O–H groups in total. The number of likely N-dealkylation sites (N-methyl/N-ethyl adjacent to an activating group) is 1. The molecule has 0 saturated heterocycles. The van der Waals surface area contributed by atoms with Crippen LogP contribution in [0.15, 0.2) is 48.5 Å². The number of para-hydroxylation sites is 1. The molecule has 2 rings (SSSR count). The summed E-state index contributed by atoms with van der Waals surface area (Å²) in [6.45, 7) is 1.88. The van der Waals surface area contributed by atoms with Crippen molar-refractivity contribution in [3.8, 4) is 5.75 Å². The van der Waals surface area contributed by atoms with E-state index in [9.17, 15) is 4.79 Å². The first-order chi connectivity index (χ1) is 11.5. The van der Waals surface area contributed by atoms with Gasteiger partial charge in [0.2, 0.25) is 5.91 Å². The molecule has 2 aromatic rings. The fraction of sp³-hybridized carbons (Fsp3) is 0.278. The summed E-state index contributed by atoms with van der Waals surface area (Å²) < 4.78 is 5.61. The Kier molecular flexibility index (Phi) is 7.37. The van der Waals surface area contributed by atoms with E-state index in [0.29, 0.717) is 42.0 Å². The summed E-state index contributed by atoms with van der Waals surface area (Å²) in [5.74, 6) is 0.616. The van der Waals surface area contributed by atoms with Crippen molar-refractivity contribution in [3.63, 3.8) is 0 Å². The Hall–Kier alpha value is -1.75. The van der Waals surface area contributed by atoms with Gasteiger partial charge >= 0.3 is 0 Å². The molecule has 0 aromatic heterocycles. The third kappa shape index (κ3) is 6.40. The van der Waals surface area contributed by atoms with Gasteiger partial charge < -0.3 is 10.1 Å². The second-order valence-corrected chi connectivity index (χ2v) is 6.26. The summed E-state index contributed by atoms with van der Waals surface area (Å²) in [5.41, 5.74) is 1.01. The molecule has 0 aliphatic carbocycles. The fourth-order valence-corrected chi connectivity index (χ4v) is 2.37. The second-order valence-electron chi connectivity index (χ2n) is 5.42. The van der Waals surface area contributed by atoms with Gasteiger partial charge in [0.1, 0.15) is 12.4 Å². The molecule has 2 aromatic carbocycles. The van der Waals surface area contributed by atoms with Gasteiger partial charge in [-0.25, -0.2) is 0 Å². The van der Waals surface area contributed by atoms with E-state index in [1.54, 1.807) is 18.2 Å². The highest BCUT2D eigenvalue weighted by Gasteiger charge is 2.07. The van der Waals surface area contributed by atoms with Gasteiger partial charge in [-0.2, -0.15) is 0 Å². The standard InChI is InChI=1S/C18H20Cl2N2O2/c1-22(10-11-24-17-5-3-2-4-16(17)20)13-18(23)21-12-14-6-8-15(19)9-7-14/h2-9H,10-13H2,1H3,(H,21,23). The Labute approximate surface area is 152 Å². The lowest BCUT2D eigenvalue weighted by atomic mass is 10.2. The van der Waals surface area contributed by atoms with E-state index in [-0.39, 0.29) is 5.91 Å². The van der Waals surface area contributed by atoms with E-state index < -0.39 is 0 Å². The number of carbonyl (C=O) groups excluding carboxylic acids is 1. The summed E-state index contributed by atoms with van der Waals surface area (Å²) in [6, 6.07) is 14.7. The van der Waals surface area contributed by atoms with Gasteiger partial charge in [0.05, 0.1) is 11.6 Å². The molecule has 6 heteroatoms. The van der Waals surface area contributed by atoms with Gasteiger partial charge in [-0.3, -0.25) is 9.69 Å². The SMILES string of the molecule is CN(CCOc1ccccc1Cl)CC(=O)NCc1ccc(Cl)cc1. The van der Waals surface area contributed by atoms with Crippen LogP contribution in [0.25, 0.3) is 0 Å². The maximum Gasteiger partial charge on any atom is 0.234 e. The smallest absolute Gasteiger partial charge is 0.234 e. The number of benzene rings is 2. The molecule has 1 amide bonds. The minimum atomic E-state index is -0.0369. The van der Waals surface area contributed by atoms with Crippen LogP contribution >= 0.6 is 23.2 Å². The first-order valence-electron chi connectivity index (χ1n) is 7.61. The number of hydrogen-bond acceptors (Lipinski definition) is 3.